The molecule has 2 nitrogen and oxygen atoms in total. The van der Waals surface area contributed by atoms with Crippen molar-refractivity contribution in [2.45, 2.75) is 0 Å². The Morgan fingerprint density at radius 1 is 1.00 bits per heavy atom. The van der Waals surface area contributed by atoms with Crippen LogP contribution in [0.15, 0.2) is 35.7 Å². The van der Waals surface area contributed by atoms with Gasteiger partial charge in [0.1, 0.15) is 0 Å². The van der Waals surface area contributed by atoms with E-state index in [1.165, 1.54) is 4.88 Å². The van der Waals surface area contributed by atoms with Crippen molar-refractivity contribution >= 4 is 23.5 Å². The summed E-state index contributed by atoms with van der Waals surface area (Å²) in [7, 11) is 3.28. The number of methoxy groups -OCH3 is 2. The second-order valence-corrected chi connectivity index (χ2v) is 4.44. The Kier molecular flexibility index (Phi) is 3.83. The number of rotatable bonds is 4. The van der Waals surface area contributed by atoms with Gasteiger partial charge in [-0.1, -0.05) is 18.2 Å². The van der Waals surface area contributed by atoms with Crippen molar-refractivity contribution < 1.29 is 9.47 Å². The highest BCUT2D eigenvalue weighted by Gasteiger charge is 2.02. The summed E-state index contributed by atoms with van der Waals surface area (Å²) in [5, 5.41) is 2.06. The maximum Gasteiger partial charge on any atom is 0.161 e. The first kappa shape index (κ1) is 11.7. The maximum atomic E-state index is 5.26. The molecule has 0 bridgehead atoms. The molecule has 2 rings (SSSR count). The molecular weight excluding hydrogens is 232 g/mol. The van der Waals surface area contributed by atoms with E-state index in [0.717, 1.165) is 17.1 Å². The third kappa shape index (κ3) is 2.88. The molecule has 88 valence electrons. The zero-order valence-electron chi connectivity index (χ0n) is 9.84. The van der Waals surface area contributed by atoms with E-state index < -0.39 is 0 Å². The summed E-state index contributed by atoms with van der Waals surface area (Å²) in [6.07, 6.45) is 4.15. The molecule has 0 saturated carbocycles. The van der Waals surface area contributed by atoms with E-state index in [1.54, 1.807) is 25.6 Å². The summed E-state index contributed by atoms with van der Waals surface area (Å²) in [6, 6.07) is 10.0. The van der Waals surface area contributed by atoms with Crippen LogP contribution in [-0.2, 0) is 0 Å². The number of hydrogen-bond acceptors (Lipinski definition) is 3. The third-order valence-electron chi connectivity index (χ3n) is 2.39. The Hall–Kier alpha value is -1.74. The molecule has 0 amide bonds. The topological polar surface area (TPSA) is 18.5 Å². The summed E-state index contributed by atoms with van der Waals surface area (Å²) in [4.78, 5) is 1.24. The summed E-state index contributed by atoms with van der Waals surface area (Å²) >= 11 is 1.72. The van der Waals surface area contributed by atoms with Crippen LogP contribution < -0.4 is 9.47 Å². The normalized spacial score (nSPS) is 10.7. The second kappa shape index (κ2) is 5.55. The largest absolute Gasteiger partial charge is 0.493 e. The van der Waals surface area contributed by atoms with Gasteiger partial charge in [-0.2, -0.15) is 0 Å². The quantitative estimate of drug-likeness (QED) is 0.813. The zero-order valence-corrected chi connectivity index (χ0v) is 10.7. The Bertz CT molecular complexity index is 501. The molecule has 17 heavy (non-hydrogen) atoms. The molecule has 0 aliphatic rings. The lowest BCUT2D eigenvalue weighted by Gasteiger charge is -2.07. The highest BCUT2D eigenvalue weighted by atomic mass is 32.1. The van der Waals surface area contributed by atoms with Crippen LogP contribution in [-0.4, -0.2) is 14.2 Å². The Balaban J connectivity index is 2.22. The molecule has 0 unspecified atom stereocenters. The minimum absolute atomic E-state index is 0.751. The van der Waals surface area contributed by atoms with E-state index in [0.29, 0.717) is 0 Å². The van der Waals surface area contributed by atoms with Crippen LogP contribution in [0.1, 0.15) is 10.4 Å². The summed E-state index contributed by atoms with van der Waals surface area (Å²) < 4.78 is 10.5. The molecule has 1 heterocycles. The summed E-state index contributed by atoms with van der Waals surface area (Å²) in [5.41, 5.74) is 1.09. The molecule has 0 fully saturated rings. The second-order valence-electron chi connectivity index (χ2n) is 3.46. The van der Waals surface area contributed by atoms with Crippen molar-refractivity contribution in [1.29, 1.82) is 0 Å². The lowest BCUT2D eigenvalue weighted by molar-refractivity contribution is 0.355. The maximum absolute atomic E-state index is 5.26. The van der Waals surface area contributed by atoms with E-state index in [-0.39, 0.29) is 0 Å². The van der Waals surface area contributed by atoms with Gasteiger partial charge in [-0.05, 0) is 35.2 Å². The van der Waals surface area contributed by atoms with Crippen LogP contribution in [0.25, 0.3) is 12.2 Å². The van der Waals surface area contributed by atoms with Crippen LogP contribution >= 0.6 is 11.3 Å². The van der Waals surface area contributed by atoms with Crippen LogP contribution in [0.3, 0.4) is 0 Å². The van der Waals surface area contributed by atoms with E-state index in [9.17, 15) is 0 Å². The standard InChI is InChI=1S/C14H14O2S/c1-15-13-8-6-11(10-14(13)16-2)5-7-12-4-3-9-17-12/h3-10H,1-2H3/b7-5+. The molecule has 0 saturated heterocycles. The van der Waals surface area contributed by atoms with Crippen molar-refractivity contribution in [1.82, 2.24) is 0 Å². The van der Waals surface area contributed by atoms with Gasteiger partial charge < -0.3 is 9.47 Å². The van der Waals surface area contributed by atoms with Gasteiger partial charge in [0.05, 0.1) is 14.2 Å². The van der Waals surface area contributed by atoms with Gasteiger partial charge in [-0.3, -0.25) is 0 Å². The van der Waals surface area contributed by atoms with Gasteiger partial charge in [0, 0.05) is 4.88 Å². The molecule has 0 aliphatic heterocycles. The van der Waals surface area contributed by atoms with Crippen molar-refractivity contribution in [3.05, 3.63) is 46.2 Å². The van der Waals surface area contributed by atoms with Crippen LogP contribution in [0.5, 0.6) is 11.5 Å². The highest BCUT2D eigenvalue weighted by molar-refractivity contribution is 7.10. The first-order valence-electron chi connectivity index (χ1n) is 5.27. The van der Waals surface area contributed by atoms with Crippen LogP contribution in [0.4, 0.5) is 0 Å². The molecule has 0 atom stereocenters. The number of ether oxygens (including phenoxy) is 2. The van der Waals surface area contributed by atoms with Crippen LogP contribution in [0.2, 0.25) is 0 Å². The highest BCUT2D eigenvalue weighted by Crippen LogP contribution is 2.28. The molecular formula is C14H14O2S. The van der Waals surface area contributed by atoms with Gasteiger partial charge in [0.25, 0.3) is 0 Å². The Morgan fingerprint density at radius 3 is 2.47 bits per heavy atom. The van der Waals surface area contributed by atoms with Gasteiger partial charge in [-0.25, -0.2) is 0 Å². The lowest BCUT2D eigenvalue weighted by Crippen LogP contribution is -1.90. The van der Waals surface area contributed by atoms with Crippen molar-refractivity contribution in [3.63, 3.8) is 0 Å². The van der Waals surface area contributed by atoms with E-state index >= 15 is 0 Å². The Morgan fingerprint density at radius 2 is 1.82 bits per heavy atom. The zero-order chi connectivity index (χ0) is 12.1. The van der Waals surface area contributed by atoms with E-state index in [4.69, 9.17) is 9.47 Å². The molecule has 0 aliphatic carbocycles. The average Bonchev–Trinajstić information content (AvgIpc) is 2.89. The first-order chi connectivity index (χ1) is 8.33. The SMILES string of the molecule is COc1ccc(/C=C/c2cccs2)cc1OC. The number of benzene rings is 1. The Labute approximate surface area is 105 Å². The van der Waals surface area contributed by atoms with Gasteiger partial charge in [0.2, 0.25) is 0 Å². The molecule has 0 N–H and O–H groups in total. The fraction of sp³-hybridized carbons (Fsp3) is 0.143. The van der Waals surface area contributed by atoms with Gasteiger partial charge >= 0.3 is 0 Å². The third-order valence-corrected chi connectivity index (χ3v) is 3.23. The minimum atomic E-state index is 0.751. The van der Waals surface area contributed by atoms with Gasteiger partial charge in [-0.15, -0.1) is 11.3 Å². The molecule has 1 aromatic heterocycles. The fourth-order valence-corrected chi connectivity index (χ4v) is 2.14. The molecule has 0 spiro atoms. The first-order valence-corrected chi connectivity index (χ1v) is 6.15. The average molecular weight is 246 g/mol. The monoisotopic (exact) mass is 246 g/mol. The predicted octanol–water partition coefficient (Wildman–Crippen LogP) is 3.94. The van der Waals surface area contributed by atoms with Gasteiger partial charge in [0.15, 0.2) is 11.5 Å². The summed E-state index contributed by atoms with van der Waals surface area (Å²) in [6.45, 7) is 0. The predicted molar refractivity (Wildman–Crippen MR) is 72.8 cm³/mol. The molecule has 2 aromatic rings. The van der Waals surface area contributed by atoms with Crippen molar-refractivity contribution in [2.24, 2.45) is 0 Å². The fourth-order valence-electron chi connectivity index (χ4n) is 1.52. The molecule has 0 radical (unpaired) electrons. The van der Waals surface area contributed by atoms with E-state index in [1.807, 2.05) is 24.3 Å². The molecule has 1 aromatic carbocycles. The minimum Gasteiger partial charge on any atom is -0.493 e. The lowest BCUT2D eigenvalue weighted by atomic mass is 10.2. The number of thiophene rings is 1. The molecule has 3 heteroatoms. The van der Waals surface area contributed by atoms with Crippen molar-refractivity contribution in [2.75, 3.05) is 14.2 Å². The van der Waals surface area contributed by atoms with Crippen LogP contribution in [0, 0.1) is 0 Å². The van der Waals surface area contributed by atoms with Crippen molar-refractivity contribution in [3.8, 4) is 11.5 Å². The van der Waals surface area contributed by atoms with E-state index in [2.05, 4.69) is 23.6 Å². The number of hydrogen-bond donors (Lipinski definition) is 0. The summed E-state index contributed by atoms with van der Waals surface area (Å²) in [5.74, 6) is 1.50. The smallest absolute Gasteiger partial charge is 0.161 e.